The minimum atomic E-state index is -0.289. The van der Waals surface area contributed by atoms with Gasteiger partial charge in [-0.3, -0.25) is 14.5 Å². The zero-order valence-electron chi connectivity index (χ0n) is 13.0. The number of hydrogen-bond donors (Lipinski definition) is 1. The summed E-state index contributed by atoms with van der Waals surface area (Å²) in [7, 11) is 1.63. The molecule has 0 fully saturated rings. The third-order valence-electron chi connectivity index (χ3n) is 3.11. The van der Waals surface area contributed by atoms with Gasteiger partial charge in [0.25, 0.3) is 5.91 Å². The zero-order valence-corrected chi connectivity index (χ0v) is 13.8. The lowest BCUT2D eigenvalue weighted by atomic mass is 10.1. The van der Waals surface area contributed by atoms with E-state index in [1.54, 1.807) is 7.11 Å². The molecule has 0 aliphatic rings. The van der Waals surface area contributed by atoms with E-state index in [4.69, 9.17) is 10.5 Å². The Morgan fingerprint density at radius 3 is 2.55 bits per heavy atom. The van der Waals surface area contributed by atoms with Crippen LogP contribution in [0.5, 0.6) is 5.75 Å². The monoisotopic (exact) mass is 322 g/mol. The number of allylic oxidation sites excluding steroid dienone is 1. The minimum Gasteiger partial charge on any atom is -0.497 e. The van der Waals surface area contributed by atoms with Crippen LogP contribution in [0.2, 0.25) is 0 Å². The Labute approximate surface area is 135 Å². The summed E-state index contributed by atoms with van der Waals surface area (Å²) in [5, 5.41) is 0. The molecule has 1 aromatic rings. The van der Waals surface area contributed by atoms with Crippen LogP contribution in [-0.2, 0) is 16.0 Å². The number of amides is 2. The summed E-state index contributed by atoms with van der Waals surface area (Å²) in [6, 6.07) is 7.82. The first kappa shape index (κ1) is 18.3. The maximum atomic E-state index is 12.2. The molecule has 0 heterocycles. The number of carbonyl (C=O) groups excluding carboxylic acids is 2. The van der Waals surface area contributed by atoms with E-state index in [1.807, 2.05) is 36.6 Å². The van der Waals surface area contributed by atoms with Gasteiger partial charge in [-0.25, -0.2) is 0 Å². The average molecular weight is 322 g/mol. The molecule has 0 aliphatic heterocycles. The van der Waals surface area contributed by atoms with Crippen molar-refractivity contribution in [3.05, 3.63) is 40.8 Å². The van der Waals surface area contributed by atoms with Crippen molar-refractivity contribution in [2.75, 3.05) is 26.5 Å². The van der Waals surface area contributed by atoms with Gasteiger partial charge in [0, 0.05) is 13.1 Å². The van der Waals surface area contributed by atoms with Gasteiger partial charge in [0.05, 0.1) is 12.0 Å². The summed E-state index contributed by atoms with van der Waals surface area (Å²) in [5.74, 6) is 0.533. The smallest absolute Gasteiger partial charge is 0.266 e. The third-order valence-corrected chi connectivity index (χ3v) is 3.89. The fourth-order valence-corrected chi connectivity index (χ4v) is 2.48. The van der Waals surface area contributed by atoms with Gasteiger partial charge in [-0.15, -0.1) is 11.8 Å². The Bertz CT molecular complexity index is 515. The van der Waals surface area contributed by atoms with E-state index in [2.05, 4.69) is 0 Å². The maximum Gasteiger partial charge on any atom is 0.266 e. The van der Waals surface area contributed by atoms with Gasteiger partial charge in [-0.05, 0) is 36.8 Å². The number of methoxy groups -OCH3 is 1. The van der Waals surface area contributed by atoms with Crippen molar-refractivity contribution >= 4 is 24.1 Å². The Morgan fingerprint density at radius 2 is 2.05 bits per heavy atom. The molecule has 0 aromatic heterocycles. The van der Waals surface area contributed by atoms with Crippen LogP contribution in [0.3, 0.4) is 0 Å². The highest BCUT2D eigenvalue weighted by Gasteiger charge is 2.15. The summed E-state index contributed by atoms with van der Waals surface area (Å²) >= 11 is 1.34. The van der Waals surface area contributed by atoms with Crippen LogP contribution in [0.15, 0.2) is 35.2 Å². The maximum absolute atomic E-state index is 12.2. The molecule has 0 unspecified atom stereocenters. The van der Waals surface area contributed by atoms with E-state index in [9.17, 15) is 9.59 Å². The van der Waals surface area contributed by atoms with Crippen LogP contribution in [-0.4, -0.2) is 43.7 Å². The van der Waals surface area contributed by atoms with E-state index in [1.165, 1.54) is 17.3 Å². The quantitative estimate of drug-likeness (QED) is 0.554. The first-order valence-electron chi connectivity index (χ1n) is 6.99. The number of benzene rings is 1. The van der Waals surface area contributed by atoms with E-state index in [-0.39, 0.29) is 19.0 Å². The van der Waals surface area contributed by atoms with Gasteiger partial charge in [0.1, 0.15) is 5.75 Å². The second-order valence-corrected chi connectivity index (χ2v) is 5.40. The number of nitrogens with zero attached hydrogens (tertiary/aromatic N) is 1. The second kappa shape index (κ2) is 10.0. The molecule has 2 N–H and O–H groups in total. The van der Waals surface area contributed by atoms with Gasteiger partial charge in [0.2, 0.25) is 6.41 Å². The van der Waals surface area contributed by atoms with Crippen molar-refractivity contribution in [3.63, 3.8) is 0 Å². The van der Waals surface area contributed by atoms with E-state index >= 15 is 0 Å². The van der Waals surface area contributed by atoms with Crippen molar-refractivity contribution in [2.45, 2.75) is 12.8 Å². The number of imide groups is 1. The first-order chi connectivity index (χ1) is 10.7. The molecule has 1 rings (SSSR count). The molecule has 1 aromatic carbocycles. The fraction of sp³-hybridized carbons (Fsp3) is 0.375. The van der Waals surface area contributed by atoms with Crippen LogP contribution >= 0.6 is 11.8 Å². The molecule has 22 heavy (non-hydrogen) atoms. The van der Waals surface area contributed by atoms with E-state index in [0.29, 0.717) is 11.3 Å². The predicted molar refractivity (Wildman–Crippen MR) is 89.7 cm³/mol. The predicted octanol–water partition coefficient (Wildman–Crippen LogP) is 1.82. The van der Waals surface area contributed by atoms with Crippen LogP contribution in [0.4, 0.5) is 0 Å². The highest BCUT2D eigenvalue weighted by molar-refractivity contribution is 8.03. The number of rotatable bonds is 9. The number of thioether (sulfide) groups is 1. The normalized spacial score (nSPS) is 11.1. The summed E-state index contributed by atoms with van der Waals surface area (Å²) in [6.45, 7) is 0.497. The minimum absolute atomic E-state index is 0.235. The van der Waals surface area contributed by atoms with Crippen molar-refractivity contribution in [1.29, 1.82) is 0 Å². The molecule has 0 saturated heterocycles. The van der Waals surface area contributed by atoms with Crippen molar-refractivity contribution < 1.29 is 14.3 Å². The van der Waals surface area contributed by atoms with Crippen LogP contribution in [0.1, 0.15) is 12.0 Å². The average Bonchev–Trinajstić information content (AvgIpc) is 2.56. The number of aryl methyl sites for hydroxylation is 1. The van der Waals surface area contributed by atoms with E-state index < -0.39 is 0 Å². The molecule has 0 radical (unpaired) electrons. The number of ether oxygens (including phenoxy) is 1. The molecule has 0 spiro atoms. The van der Waals surface area contributed by atoms with E-state index in [0.717, 1.165) is 23.5 Å². The van der Waals surface area contributed by atoms with Crippen LogP contribution < -0.4 is 10.5 Å². The molecular formula is C16H22N2O3S. The molecular weight excluding hydrogens is 300 g/mol. The summed E-state index contributed by atoms with van der Waals surface area (Å²) in [6.07, 6.45) is 5.76. The number of carbonyl (C=O) groups is 2. The molecule has 5 nitrogen and oxygen atoms in total. The van der Waals surface area contributed by atoms with Crippen molar-refractivity contribution in [2.24, 2.45) is 5.73 Å². The lowest BCUT2D eigenvalue weighted by molar-refractivity contribution is -0.134. The third kappa shape index (κ3) is 5.54. The molecule has 2 amide bonds. The van der Waals surface area contributed by atoms with Gasteiger partial charge in [0.15, 0.2) is 0 Å². The first-order valence-corrected chi connectivity index (χ1v) is 8.22. The highest BCUT2D eigenvalue weighted by Crippen LogP contribution is 2.17. The van der Waals surface area contributed by atoms with Crippen LogP contribution in [0.25, 0.3) is 0 Å². The fourth-order valence-electron chi connectivity index (χ4n) is 1.90. The van der Waals surface area contributed by atoms with Gasteiger partial charge in [-0.1, -0.05) is 18.2 Å². The Balaban J connectivity index is 2.63. The molecule has 0 atom stereocenters. The Morgan fingerprint density at radius 1 is 1.36 bits per heavy atom. The lowest BCUT2D eigenvalue weighted by Crippen LogP contribution is -2.34. The van der Waals surface area contributed by atoms with Crippen LogP contribution in [0, 0.1) is 0 Å². The number of hydrogen-bond acceptors (Lipinski definition) is 5. The zero-order chi connectivity index (χ0) is 16.4. The summed E-state index contributed by atoms with van der Waals surface area (Å²) < 4.78 is 5.11. The second-order valence-electron chi connectivity index (χ2n) is 4.55. The molecule has 0 aliphatic carbocycles. The van der Waals surface area contributed by atoms with Crippen molar-refractivity contribution in [1.82, 2.24) is 4.90 Å². The lowest BCUT2D eigenvalue weighted by Gasteiger charge is -2.15. The topological polar surface area (TPSA) is 72.6 Å². The van der Waals surface area contributed by atoms with Gasteiger partial charge < -0.3 is 10.5 Å². The Hall–Kier alpha value is -1.79. The Kier molecular flexibility index (Phi) is 8.32. The SMILES string of the molecule is COc1ccc(CC/C=C(\SC)C(=O)N(C=O)CCN)cc1. The summed E-state index contributed by atoms with van der Waals surface area (Å²) in [5.41, 5.74) is 6.56. The van der Waals surface area contributed by atoms with Gasteiger partial charge in [-0.2, -0.15) is 0 Å². The number of nitrogens with two attached hydrogens (primary N) is 1. The standard InChI is InChI=1S/C16H22N2O3S/c1-21-14-8-6-13(7-9-14)4-3-5-15(22-2)16(20)18(12-19)11-10-17/h5-9,12H,3-4,10-11,17H2,1-2H3/b15-5-. The molecule has 6 heteroatoms. The molecule has 0 saturated carbocycles. The van der Waals surface area contributed by atoms with Gasteiger partial charge >= 0.3 is 0 Å². The largest absolute Gasteiger partial charge is 0.497 e. The molecule has 120 valence electrons. The highest BCUT2D eigenvalue weighted by atomic mass is 32.2. The molecule has 0 bridgehead atoms. The summed E-state index contributed by atoms with van der Waals surface area (Å²) in [4.78, 5) is 24.7. The van der Waals surface area contributed by atoms with Crippen molar-refractivity contribution in [3.8, 4) is 5.75 Å².